The van der Waals surface area contributed by atoms with Gasteiger partial charge < -0.3 is 14.6 Å². The first-order valence-corrected chi connectivity index (χ1v) is 3.62. The summed E-state index contributed by atoms with van der Waals surface area (Å²) >= 11 is 0. The van der Waals surface area contributed by atoms with Crippen molar-refractivity contribution in [2.45, 2.75) is 25.0 Å². The van der Waals surface area contributed by atoms with E-state index < -0.39 is 6.10 Å². The molecule has 4 nitrogen and oxygen atoms in total. The van der Waals surface area contributed by atoms with Gasteiger partial charge in [0.05, 0.1) is 19.8 Å². The van der Waals surface area contributed by atoms with E-state index in [-0.39, 0.29) is 18.7 Å². The van der Waals surface area contributed by atoms with Crippen molar-refractivity contribution in [3.63, 3.8) is 0 Å². The molecule has 64 valence electrons. The largest absolute Gasteiger partial charge is 0.467 e. The summed E-state index contributed by atoms with van der Waals surface area (Å²) in [6.45, 7) is -0.0203. The Kier molecular flexibility index (Phi) is 2.84. The van der Waals surface area contributed by atoms with Crippen LogP contribution in [0.1, 0.15) is 12.8 Å². The highest BCUT2D eigenvalue weighted by Crippen LogP contribution is 2.19. The molecule has 0 aliphatic carbocycles. The fourth-order valence-electron chi connectivity index (χ4n) is 1.14. The quantitative estimate of drug-likeness (QED) is 0.563. The maximum absolute atomic E-state index is 10.8. The van der Waals surface area contributed by atoms with Gasteiger partial charge in [-0.25, -0.2) is 4.79 Å². The van der Waals surface area contributed by atoms with Crippen molar-refractivity contribution in [2.24, 2.45) is 0 Å². The second-order valence-electron chi connectivity index (χ2n) is 2.53. The molecule has 0 bridgehead atoms. The number of hydrogen-bond acceptors (Lipinski definition) is 4. The van der Waals surface area contributed by atoms with Crippen LogP contribution in [0.3, 0.4) is 0 Å². The zero-order valence-corrected chi connectivity index (χ0v) is 6.45. The summed E-state index contributed by atoms with van der Waals surface area (Å²) in [6.07, 6.45) is 0.741. The zero-order valence-electron chi connectivity index (χ0n) is 6.45. The van der Waals surface area contributed by atoms with Crippen LogP contribution in [0.25, 0.3) is 0 Å². The molecule has 1 unspecified atom stereocenters. The first-order valence-electron chi connectivity index (χ1n) is 3.62. The van der Waals surface area contributed by atoms with Crippen LogP contribution in [-0.2, 0) is 14.3 Å². The topological polar surface area (TPSA) is 55.8 Å². The van der Waals surface area contributed by atoms with E-state index >= 15 is 0 Å². The van der Waals surface area contributed by atoms with E-state index in [9.17, 15) is 4.79 Å². The molecule has 4 heteroatoms. The van der Waals surface area contributed by atoms with Crippen molar-refractivity contribution in [2.75, 3.05) is 13.7 Å². The van der Waals surface area contributed by atoms with Crippen LogP contribution in [0, 0.1) is 0 Å². The van der Waals surface area contributed by atoms with Crippen molar-refractivity contribution in [1.82, 2.24) is 0 Å². The van der Waals surface area contributed by atoms with E-state index in [1.807, 2.05) is 0 Å². The van der Waals surface area contributed by atoms with Crippen molar-refractivity contribution >= 4 is 5.97 Å². The maximum Gasteiger partial charge on any atom is 0.334 e. The molecule has 1 rings (SSSR count). The highest BCUT2D eigenvalue weighted by atomic mass is 16.6. The van der Waals surface area contributed by atoms with E-state index in [0.717, 1.165) is 6.42 Å². The lowest BCUT2D eigenvalue weighted by atomic mass is 10.2. The van der Waals surface area contributed by atoms with Crippen LogP contribution in [0.5, 0.6) is 0 Å². The van der Waals surface area contributed by atoms with Crippen LogP contribution >= 0.6 is 0 Å². The normalized spacial score (nSPS) is 30.4. The molecule has 0 aromatic carbocycles. The molecule has 0 radical (unpaired) electrons. The third-order valence-electron chi connectivity index (χ3n) is 1.78. The standard InChI is InChI=1S/C7H12O4/c1-10-7(9)6-3-2-5(4-8)11-6/h5-6,8H,2-4H2,1H3/t5?,6-/m0/s1. The van der Waals surface area contributed by atoms with Gasteiger partial charge in [0, 0.05) is 0 Å². The van der Waals surface area contributed by atoms with Crippen molar-refractivity contribution in [3.05, 3.63) is 0 Å². The summed E-state index contributed by atoms with van der Waals surface area (Å²) in [5.74, 6) is -0.346. The summed E-state index contributed by atoms with van der Waals surface area (Å²) in [6, 6.07) is 0. The smallest absolute Gasteiger partial charge is 0.334 e. The summed E-state index contributed by atoms with van der Waals surface area (Å²) in [7, 11) is 1.33. The third-order valence-corrected chi connectivity index (χ3v) is 1.78. The molecule has 0 saturated carbocycles. The van der Waals surface area contributed by atoms with Crippen molar-refractivity contribution in [3.8, 4) is 0 Å². The van der Waals surface area contributed by atoms with Crippen LogP contribution in [0.4, 0.5) is 0 Å². The van der Waals surface area contributed by atoms with E-state index in [1.165, 1.54) is 7.11 Å². The number of carbonyl (C=O) groups excluding carboxylic acids is 1. The number of aliphatic hydroxyl groups is 1. The lowest BCUT2D eigenvalue weighted by Crippen LogP contribution is -2.23. The third kappa shape index (κ3) is 1.91. The molecule has 1 heterocycles. The van der Waals surface area contributed by atoms with Crippen molar-refractivity contribution < 1.29 is 19.4 Å². The van der Waals surface area contributed by atoms with Gasteiger partial charge in [0.15, 0.2) is 6.10 Å². The van der Waals surface area contributed by atoms with E-state index in [2.05, 4.69) is 4.74 Å². The number of ether oxygens (including phenoxy) is 2. The van der Waals surface area contributed by atoms with E-state index in [0.29, 0.717) is 6.42 Å². The predicted molar refractivity (Wildman–Crippen MR) is 37.0 cm³/mol. The minimum absolute atomic E-state index is 0.0203. The molecule has 2 atom stereocenters. The average molecular weight is 160 g/mol. The fraction of sp³-hybridized carbons (Fsp3) is 0.857. The zero-order chi connectivity index (χ0) is 8.27. The van der Waals surface area contributed by atoms with Gasteiger partial charge in [0.1, 0.15) is 0 Å². The lowest BCUT2D eigenvalue weighted by molar-refractivity contribution is -0.153. The highest BCUT2D eigenvalue weighted by molar-refractivity contribution is 5.74. The number of esters is 1. The van der Waals surface area contributed by atoms with Gasteiger partial charge >= 0.3 is 5.97 Å². The maximum atomic E-state index is 10.8. The Labute approximate surface area is 65.1 Å². The summed E-state index contributed by atoms with van der Waals surface area (Å²) in [5.41, 5.74) is 0. The molecule has 11 heavy (non-hydrogen) atoms. The summed E-state index contributed by atoms with van der Waals surface area (Å²) in [4.78, 5) is 10.8. The molecule has 0 aromatic heterocycles. The Hall–Kier alpha value is -0.610. The lowest BCUT2D eigenvalue weighted by Gasteiger charge is -2.08. The average Bonchev–Trinajstić information content (AvgIpc) is 2.50. The van der Waals surface area contributed by atoms with E-state index in [1.54, 1.807) is 0 Å². The van der Waals surface area contributed by atoms with Crippen molar-refractivity contribution in [1.29, 1.82) is 0 Å². The van der Waals surface area contributed by atoms with Crippen LogP contribution in [0.2, 0.25) is 0 Å². The molecule has 0 amide bonds. The Morgan fingerprint density at radius 3 is 2.91 bits per heavy atom. The SMILES string of the molecule is COC(=O)[C@@H]1CCC(CO)O1. The number of carbonyl (C=O) groups is 1. The molecular weight excluding hydrogens is 148 g/mol. The van der Waals surface area contributed by atoms with Gasteiger partial charge in [0.2, 0.25) is 0 Å². The molecule has 1 saturated heterocycles. The monoisotopic (exact) mass is 160 g/mol. The van der Waals surface area contributed by atoms with Crippen LogP contribution in [-0.4, -0.2) is 37.0 Å². The first kappa shape index (κ1) is 8.49. The molecule has 0 aromatic rings. The molecule has 0 spiro atoms. The van der Waals surface area contributed by atoms with E-state index in [4.69, 9.17) is 9.84 Å². The second kappa shape index (κ2) is 3.69. The number of methoxy groups -OCH3 is 1. The fourth-order valence-corrected chi connectivity index (χ4v) is 1.14. The van der Waals surface area contributed by atoms with Gasteiger partial charge in [-0.15, -0.1) is 0 Å². The minimum Gasteiger partial charge on any atom is -0.467 e. The molecule has 1 aliphatic heterocycles. The number of hydrogen-bond donors (Lipinski definition) is 1. The Bertz CT molecular complexity index is 145. The minimum atomic E-state index is -0.461. The van der Waals surface area contributed by atoms with Gasteiger partial charge in [0.25, 0.3) is 0 Å². The van der Waals surface area contributed by atoms with Gasteiger partial charge in [-0.05, 0) is 12.8 Å². The Morgan fingerprint density at radius 2 is 2.45 bits per heavy atom. The molecule has 1 N–H and O–H groups in total. The summed E-state index contributed by atoms with van der Waals surface area (Å²) in [5, 5.41) is 8.66. The molecular formula is C7H12O4. The first-order chi connectivity index (χ1) is 5.27. The van der Waals surface area contributed by atoms with Gasteiger partial charge in [-0.2, -0.15) is 0 Å². The van der Waals surface area contributed by atoms with Crippen LogP contribution in [0.15, 0.2) is 0 Å². The number of aliphatic hydroxyl groups excluding tert-OH is 1. The van der Waals surface area contributed by atoms with Gasteiger partial charge in [-0.1, -0.05) is 0 Å². The van der Waals surface area contributed by atoms with Crippen LogP contribution < -0.4 is 0 Å². The predicted octanol–water partition coefficient (Wildman–Crippen LogP) is -0.301. The number of rotatable bonds is 2. The highest BCUT2D eigenvalue weighted by Gasteiger charge is 2.30. The second-order valence-corrected chi connectivity index (χ2v) is 2.53. The molecule has 1 aliphatic rings. The Morgan fingerprint density at radius 1 is 1.73 bits per heavy atom. The molecule has 1 fully saturated rings. The Balaban J connectivity index is 2.35. The van der Waals surface area contributed by atoms with Gasteiger partial charge in [-0.3, -0.25) is 0 Å². The summed E-state index contributed by atoms with van der Waals surface area (Å²) < 4.78 is 9.62.